The Bertz CT molecular complexity index is 677. The Morgan fingerprint density at radius 2 is 2.05 bits per heavy atom. The maximum Gasteiger partial charge on any atom is 0.264 e. The van der Waals surface area contributed by atoms with Crippen LogP contribution in [0.5, 0.6) is 0 Å². The summed E-state index contributed by atoms with van der Waals surface area (Å²) in [6.07, 6.45) is 0.987. The summed E-state index contributed by atoms with van der Waals surface area (Å²) < 4.78 is 0. The lowest BCUT2D eigenvalue weighted by Crippen LogP contribution is -2.34. The molecule has 1 aromatic heterocycles. The van der Waals surface area contributed by atoms with E-state index in [1.54, 1.807) is 0 Å². The number of thiophene rings is 1. The number of likely N-dealkylation sites (tertiary alicyclic amines) is 1. The maximum absolute atomic E-state index is 12.9. The third-order valence-electron chi connectivity index (χ3n) is 4.56. The largest absolute Gasteiger partial charge is 0.337 e. The number of nitrogens with zero attached hydrogens (tertiary/aromatic N) is 1. The van der Waals surface area contributed by atoms with Gasteiger partial charge in [-0.3, -0.25) is 4.79 Å². The molecule has 22 heavy (non-hydrogen) atoms. The van der Waals surface area contributed by atoms with Crippen LogP contribution in [0.15, 0.2) is 35.7 Å². The van der Waals surface area contributed by atoms with E-state index in [9.17, 15) is 4.79 Å². The highest BCUT2D eigenvalue weighted by Crippen LogP contribution is 2.34. The maximum atomic E-state index is 12.9. The number of carbonyl (C=O) groups excluding carboxylic acids is 1. The zero-order chi connectivity index (χ0) is 15.7. The van der Waals surface area contributed by atoms with Crippen LogP contribution >= 0.6 is 11.3 Å². The van der Waals surface area contributed by atoms with Gasteiger partial charge in [-0.05, 0) is 42.3 Å². The molecular formula is C18H22N2OS. The number of carbonyl (C=O) groups is 1. The van der Waals surface area contributed by atoms with Crippen molar-refractivity contribution in [3.05, 3.63) is 46.2 Å². The lowest BCUT2D eigenvalue weighted by Gasteiger charge is -2.22. The molecule has 0 radical (unpaired) electrons. The minimum Gasteiger partial charge on any atom is -0.337 e. The Morgan fingerprint density at radius 1 is 1.32 bits per heavy atom. The zero-order valence-electron chi connectivity index (χ0n) is 13.1. The van der Waals surface area contributed by atoms with Crippen LogP contribution in [-0.4, -0.2) is 30.4 Å². The number of nitrogens with two attached hydrogens (primary N) is 1. The summed E-state index contributed by atoms with van der Waals surface area (Å²) in [5.41, 5.74) is 9.29. The van der Waals surface area contributed by atoms with E-state index in [1.165, 1.54) is 16.9 Å². The fourth-order valence-electron chi connectivity index (χ4n) is 2.94. The molecule has 1 saturated heterocycles. The quantitative estimate of drug-likeness (QED) is 0.942. The molecule has 1 aliphatic rings. The molecule has 1 atom stereocenters. The van der Waals surface area contributed by atoms with Gasteiger partial charge in [0.1, 0.15) is 0 Å². The lowest BCUT2D eigenvalue weighted by molar-refractivity contribution is 0.0782. The van der Waals surface area contributed by atoms with Gasteiger partial charge >= 0.3 is 0 Å². The van der Waals surface area contributed by atoms with Crippen molar-refractivity contribution in [1.82, 2.24) is 4.90 Å². The van der Waals surface area contributed by atoms with Crippen molar-refractivity contribution in [2.24, 2.45) is 11.1 Å². The molecule has 1 fully saturated rings. The van der Waals surface area contributed by atoms with Crippen LogP contribution in [0, 0.1) is 12.3 Å². The molecule has 3 nitrogen and oxygen atoms in total. The normalized spacial score (nSPS) is 21.3. The first-order valence-electron chi connectivity index (χ1n) is 7.66. The first kappa shape index (κ1) is 15.3. The minimum atomic E-state index is 0.0664. The Balaban J connectivity index is 1.86. The predicted molar refractivity (Wildman–Crippen MR) is 92.2 cm³/mol. The number of hydrogen-bond donors (Lipinski definition) is 1. The van der Waals surface area contributed by atoms with Crippen molar-refractivity contribution in [2.45, 2.75) is 20.3 Å². The Kier molecular flexibility index (Phi) is 4.06. The van der Waals surface area contributed by atoms with E-state index >= 15 is 0 Å². The molecule has 0 spiro atoms. The van der Waals surface area contributed by atoms with Crippen LogP contribution < -0.4 is 5.73 Å². The summed E-state index contributed by atoms with van der Waals surface area (Å²) in [4.78, 5) is 15.7. The summed E-state index contributed by atoms with van der Waals surface area (Å²) in [5, 5.41) is 2.00. The third-order valence-corrected chi connectivity index (χ3v) is 5.46. The molecule has 4 heteroatoms. The van der Waals surface area contributed by atoms with Crippen molar-refractivity contribution >= 4 is 17.2 Å². The zero-order valence-corrected chi connectivity index (χ0v) is 14.0. The summed E-state index contributed by atoms with van der Waals surface area (Å²) in [6, 6.07) is 10.4. The smallest absolute Gasteiger partial charge is 0.264 e. The van der Waals surface area contributed by atoms with Gasteiger partial charge in [-0.25, -0.2) is 0 Å². The monoisotopic (exact) mass is 314 g/mol. The van der Waals surface area contributed by atoms with E-state index in [4.69, 9.17) is 5.73 Å². The Morgan fingerprint density at radius 3 is 2.68 bits per heavy atom. The van der Waals surface area contributed by atoms with E-state index in [0.717, 1.165) is 35.5 Å². The van der Waals surface area contributed by atoms with Gasteiger partial charge in [-0.2, -0.15) is 0 Å². The van der Waals surface area contributed by atoms with Crippen LogP contribution in [0.1, 0.15) is 28.6 Å². The number of rotatable bonds is 3. The fraction of sp³-hybridized carbons (Fsp3) is 0.389. The molecule has 116 valence electrons. The van der Waals surface area contributed by atoms with E-state index in [2.05, 4.69) is 38.1 Å². The van der Waals surface area contributed by atoms with E-state index in [1.807, 2.05) is 16.3 Å². The second-order valence-corrected chi connectivity index (χ2v) is 7.44. The van der Waals surface area contributed by atoms with E-state index in [-0.39, 0.29) is 11.3 Å². The molecule has 2 aromatic rings. The molecule has 3 rings (SSSR count). The van der Waals surface area contributed by atoms with Crippen molar-refractivity contribution in [3.8, 4) is 11.1 Å². The molecule has 0 aliphatic carbocycles. The molecule has 1 aliphatic heterocycles. The first-order valence-corrected chi connectivity index (χ1v) is 8.54. The molecule has 0 saturated carbocycles. The summed E-state index contributed by atoms with van der Waals surface area (Å²) in [6.45, 7) is 6.42. The molecule has 0 bridgehead atoms. The highest BCUT2D eigenvalue weighted by atomic mass is 32.1. The van der Waals surface area contributed by atoms with Crippen LogP contribution in [0.2, 0.25) is 0 Å². The van der Waals surface area contributed by atoms with Gasteiger partial charge in [-0.15, -0.1) is 11.3 Å². The van der Waals surface area contributed by atoms with Gasteiger partial charge in [-0.1, -0.05) is 36.8 Å². The summed E-state index contributed by atoms with van der Waals surface area (Å²) in [7, 11) is 0. The topological polar surface area (TPSA) is 46.3 Å². The van der Waals surface area contributed by atoms with Crippen LogP contribution in [0.4, 0.5) is 0 Å². The predicted octanol–water partition coefficient (Wildman–Crippen LogP) is 3.53. The molecule has 1 aromatic carbocycles. The highest BCUT2D eigenvalue weighted by molar-refractivity contribution is 7.12. The van der Waals surface area contributed by atoms with Gasteiger partial charge in [0.15, 0.2) is 0 Å². The van der Waals surface area contributed by atoms with Gasteiger partial charge < -0.3 is 10.6 Å². The summed E-state index contributed by atoms with van der Waals surface area (Å²) in [5.74, 6) is 0.141. The van der Waals surface area contributed by atoms with Gasteiger partial charge in [0.05, 0.1) is 4.88 Å². The van der Waals surface area contributed by atoms with Crippen LogP contribution in [0.25, 0.3) is 11.1 Å². The van der Waals surface area contributed by atoms with Crippen LogP contribution in [0.3, 0.4) is 0 Å². The van der Waals surface area contributed by atoms with Gasteiger partial charge in [0.25, 0.3) is 5.91 Å². The summed E-state index contributed by atoms with van der Waals surface area (Å²) >= 11 is 1.53. The number of hydrogen-bond acceptors (Lipinski definition) is 3. The van der Waals surface area contributed by atoms with Crippen molar-refractivity contribution in [2.75, 3.05) is 19.6 Å². The number of benzene rings is 1. The fourth-order valence-corrected chi connectivity index (χ4v) is 3.83. The Labute approximate surface area is 135 Å². The molecule has 1 unspecified atom stereocenters. The van der Waals surface area contributed by atoms with Gasteiger partial charge in [0.2, 0.25) is 0 Å². The van der Waals surface area contributed by atoms with E-state index in [0.29, 0.717) is 6.54 Å². The highest BCUT2D eigenvalue weighted by Gasteiger charge is 2.36. The van der Waals surface area contributed by atoms with Crippen molar-refractivity contribution in [1.29, 1.82) is 0 Å². The standard InChI is InChI=1S/C18H22N2OS/c1-13-3-5-14(6-4-13)15-7-10-22-16(15)17(21)20-9-8-18(2,11-19)12-20/h3-7,10H,8-9,11-12,19H2,1-2H3. The molecular weight excluding hydrogens is 292 g/mol. The molecule has 1 amide bonds. The second kappa shape index (κ2) is 5.86. The number of aryl methyl sites for hydroxylation is 1. The molecule has 2 heterocycles. The van der Waals surface area contributed by atoms with E-state index < -0.39 is 0 Å². The Hall–Kier alpha value is -1.65. The average Bonchev–Trinajstić information content (AvgIpc) is 3.15. The number of amides is 1. The minimum absolute atomic E-state index is 0.0664. The first-order chi connectivity index (χ1) is 10.5. The van der Waals surface area contributed by atoms with Crippen molar-refractivity contribution < 1.29 is 4.79 Å². The SMILES string of the molecule is Cc1ccc(-c2ccsc2C(=O)N2CCC(C)(CN)C2)cc1. The lowest BCUT2D eigenvalue weighted by atomic mass is 9.90. The van der Waals surface area contributed by atoms with Gasteiger partial charge in [0, 0.05) is 18.7 Å². The third kappa shape index (κ3) is 2.81. The van der Waals surface area contributed by atoms with Crippen molar-refractivity contribution in [3.63, 3.8) is 0 Å². The average molecular weight is 314 g/mol. The van der Waals surface area contributed by atoms with Crippen LogP contribution in [-0.2, 0) is 0 Å². The second-order valence-electron chi connectivity index (χ2n) is 6.52. The molecule has 2 N–H and O–H groups in total.